The number of carbonyl (C=O) groups excluding carboxylic acids is 2. The molecule has 2 unspecified atom stereocenters. The number of halogens is 1. The van der Waals surface area contributed by atoms with Crippen LogP contribution in [0.3, 0.4) is 0 Å². The number of carbonyl (C=O) groups is 2. The molecule has 156 valence electrons. The number of rotatable bonds is 5. The summed E-state index contributed by atoms with van der Waals surface area (Å²) in [5, 5.41) is 5.37. The van der Waals surface area contributed by atoms with Crippen molar-refractivity contribution >= 4 is 23.7 Å². The molecular weight excluding hydrogens is 371 g/mol. The average Bonchev–Trinajstić information content (AvgIpc) is 2.72. The summed E-state index contributed by atoms with van der Waals surface area (Å²) in [7, 11) is 0. The van der Waals surface area contributed by atoms with Gasteiger partial charge in [0.1, 0.15) is 11.9 Å². The van der Waals surface area contributed by atoms with Crippen LogP contribution in [0.2, 0.25) is 0 Å². The molecular formula is C22H29FN4O2. The summed E-state index contributed by atoms with van der Waals surface area (Å²) >= 11 is 0. The van der Waals surface area contributed by atoms with Gasteiger partial charge in [-0.1, -0.05) is 6.07 Å². The minimum absolute atomic E-state index is 0.218. The number of hydrogen-bond donors (Lipinski definition) is 2. The van der Waals surface area contributed by atoms with Gasteiger partial charge < -0.3 is 10.2 Å². The molecule has 0 aromatic heterocycles. The molecule has 2 atom stereocenters. The van der Waals surface area contributed by atoms with Crippen LogP contribution in [0.15, 0.2) is 23.2 Å². The van der Waals surface area contributed by atoms with Gasteiger partial charge in [-0.3, -0.25) is 19.9 Å². The zero-order valence-corrected chi connectivity index (χ0v) is 16.7. The number of hydrogen-bond acceptors (Lipinski definition) is 5. The van der Waals surface area contributed by atoms with Gasteiger partial charge in [0.05, 0.1) is 0 Å². The number of anilines is 1. The van der Waals surface area contributed by atoms with Crippen molar-refractivity contribution in [1.29, 1.82) is 0 Å². The molecule has 2 fully saturated rings. The molecule has 2 saturated heterocycles. The largest absolute Gasteiger partial charge is 0.374 e. The van der Waals surface area contributed by atoms with Crippen LogP contribution in [-0.2, 0) is 9.59 Å². The highest BCUT2D eigenvalue weighted by Crippen LogP contribution is 2.32. The first-order chi connectivity index (χ1) is 14.1. The van der Waals surface area contributed by atoms with E-state index in [2.05, 4.69) is 26.7 Å². The maximum atomic E-state index is 14.8. The van der Waals surface area contributed by atoms with E-state index in [0.29, 0.717) is 24.4 Å². The molecule has 3 aliphatic rings. The molecule has 29 heavy (non-hydrogen) atoms. The van der Waals surface area contributed by atoms with Gasteiger partial charge in [-0.2, -0.15) is 0 Å². The molecule has 0 spiro atoms. The molecule has 0 bridgehead atoms. The smallest absolute Gasteiger partial charge is 0.249 e. The van der Waals surface area contributed by atoms with Crippen LogP contribution in [0.25, 0.3) is 0 Å². The predicted molar refractivity (Wildman–Crippen MR) is 111 cm³/mol. The normalized spacial score (nSPS) is 26.4. The Morgan fingerprint density at radius 1 is 1.17 bits per heavy atom. The third-order valence-corrected chi connectivity index (χ3v) is 6.36. The van der Waals surface area contributed by atoms with E-state index in [1.165, 1.54) is 12.5 Å². The lowest BCUT2D eigenvalue weighted by molar-refractivity contribution is -0.133. The Morgan fingerprint density at radius 3 is 2.69 bits per heavy atom. The molecule has 0 saturated carbocycles. The predicted octanol–water partition coefficient (Wildman–Crippen LogP) is 2.70. The van der Waals surface area contributed by atoms with E-state index in [4.69, 9.17) is 0 Å². The van der Waals surface area contributed by atoms with Crippen LogP contribution in [0.4, 0.5) is 10.1 Å². The van der Waals surface area contributed by atoms with E-state index >= 15 is 0 Å². The lowest BCUT2D eigenvalue weighted by Crippen LogP contribution is -2.47. The molecule has 0 radical (unpaired) electrons. The van der Waals surface area contributed by atoms with Crippen LogP contribution in [0.5, 0.6) is 0 Å². The highest BCUT2D eigenvalue weighted by atomic mass is 19.1. The Morgan fingerprint density at radius 2 is 2.00 bits per heavy atom. The lowest BCUT2D eigenvalue weighted by atomic mass is 9.88. The Balaban J connectivity index is 1.31. The summed E-state index contributed by atoms with van der Waals surface area (Å²) in [6, 6.07) is 4.68. The van der Waals surface area contributed by atoms with Crippen molar-refractivity contribution in [2.24, 2.45) is 10.9 Å². The summed E-state index contributed by atoms with van der Waals surface area (Å²) in [6.45, 7) is 4.09. The lowest BCUT2D eigenvalue weighted by Gasteiger charge is -2.35. The van der Waals surface area contributed by atoms with Gasteiger partial charge in [0.15, 0.2) is 0 Å². The maximum absolute atomic E-state index is 14.8. The summed E-state index contributed by atoms with van der Waals surface area (Å²) < 4.78 is 14.8. The molecule has 3 heterocycles. The number of nitrogens with one attached hydrogen (secondary N) is 2. The van der Waals surface area contributed by atoms with Gasteiger partial charge in [0.25, 0.3) is 0 Å². The van der Waals surface area contributed by atoms with E-state index < -0.39 is 6.04 Å². The molecule has 2 amide bonds. The minimum Gasteiger partial charge on any atom is -0.374 e. The van der Waals surface area contributed by atoms with Crippen LogP contribution in [0.1, 0.15) is 50.0 Å². The monoisotopic (exact) mass is 400 g/mol. The molecule has 6 nitrogen and oxygen atoms in total. The van der Waals surface area contributed by atoms with Crippen molar-refractivity contribution in [2.45, 2.75) is 50.5 Å². The van der Waals surface area contributed by atoms with Gasteiger partial charge in [0.2, 0.25) is 11.8 Å². The number of likely N-dealkylation sites (tertiary alicyclic amines) is 1. The van der Waals surface area contributed by atoms with Crippen molar-refractivity contribution in [3.63, 3.8) is 0 Å². The van der Waals surface area contributed by atoms with Crippen molar-refractivity contribution in [2.75, 3.05) is 31.5 Å². The van der Waals surface area contributed by atoms with Crippen molar-refractivity contribution < 1.29 is 14.0 Å². The zero-order valence-electron chi connectivity index (χ0n) is 16.7. The van der Waals surface area contributed by atoms with Crippen LogP contribution in [-0.4, -0.2) is 55.1 Å². The summed E-state index contributed by atoms with van der Waals surface area (Å²) in [5.74, 6) is 0.131. The van der Waals surface area contributed by atoms with Gasteiger partial charge in [-0.15, -0.1) is 0 Å². The summed E-state index contributed by atoms with van der Waals surface area (Å²) in [5.41, 5.74) is 1.35. The van der Waals surface area contributed by atoms with Crippen molar-refractivity contribution in [3.8, 4) is 0 Å². The second-order valence-corrected chi connectivity index (χ2v) is 8.44. The molecule has 3 aliphatic heterocycles. The van der Waals surface area contributed by atoms with Gasteiger partial charge in [-0.25, -0.2) is 4.39 Å². The first-order valence-electron chi connectivity index (χ1n) is 10.7. The number of nitrogens with zero attached hydrogens (tertiary/aromatic N) is 2. The van der Waals surface area contributed by atoms with Gasteiger partial charge in [0, 0.05) is 25.2 Å². The molecule has 1 aromatic rings. The highest BCUT2D eigenvalue weighted by Gasteiger charge is 2.28. The fourth-order valence-electron chi connectivity index (χ4n) is 4.63. The Kier molecular flexibility index (Phi) is 6.23. The zero-order chi connectivity index (χ0) is 20.2. The fraction of sp³-hybridized carbons (Fsp3) is 0.591. The molecule has 2 N–H and O–H groups in total. The average molecular weight is 400 g/mol. The number of piperidine rings is 2. The second-order valence-electron chi connectivity index (χ2n) is 8.44. The molecule has 4 rings (SSSR count). The standard InChI is InChI=1S/C22H29FN4O2/c23-19-13-17(25-20-3-4-21(28)26-22(20)29)1-2-18(19)16-7-11-27(12-8-16)14-15-5-9-24-10-6-15/h1-2,9,13,15-16,20,25H,3-8,10-12,14H2,(H,26,28,29). The number of amides is 2. The van der Waals surface area contributed by atoms with E-state index in [0.717, 1.165) is 51.0 Å². The fourth-order valence-corrected chi connectivity index (χ4v) is 4.63. The second kappa shape index (κ2) is 9.03. The minimum atomic E-state index is -0.494. The third kappa shape index (κ3) is 5.01. The summed E-state index contributed by atoms with van der Waals surface area (Å²) in [6.07, 6.45) is 6.98. The Labute approximate surface area is 170 Å². The number of benzene rings is 1. The highest BCUT2D eigenvalue weighted by molar-refractivity contribution is 6.01. The molecule has 1 aromatic carbocycles. The first-order valence-corrected chi connectivity index (χ1v) is 10.7. The van der Waals surface area contributed by atoms with E-state index in [1.54, 1.807) is 0 Å². The van der Waals surface area contributed by atoms with Crippen LogP contribution in [0, 0.1) is 11.7 Å². The SMILES string of the molecule is O=C1CCC(Nc2ccc(C3CCN(CC4CC=NCC4)CC3)c(F)c2)C(=O)N1. The van der Waals surface area contributed by atoms with Gasteiger partial charge in [-0.05, 0) is 80.9 Å². The van der Waals surface area contributed by atoms with Crippen molar-refractivity contribution in [1.82, 2.24) is 10.2 Å². The maximum Gasteiger partial charge on any atom is 0.249 e. The first kappa shape index (κ1) is 20.0. The number of imide groups is 1. The third-order valence-electron chi connectivity index (χ3n) is 6.36. The topological polar surface area (TPSA) is 73.8 Å². The van der Waals surface area contributed by atoms with Gasteiger partial charge >= 0.3 is 0 Å². The Hall–Kier alpha value is -2.28. The van der Waals surface area contributed by atoms with E-state index in [1.807, 2.05) is 12.1 Å². The van der Waals surface area contributed by atoms with E-state index in [-0.39, 0.29) is 23.5 Å². The van der Waals surface area contributed by atoms with Crippen LogP contribution < -0.4 is 10.6 Å². The molecule has 7 heteroatoms. The summed E-state index contributed by atoms with van der Waals surface area (Å²) in [4.78, 5) is 29.9. The quantitative estimate of drug-likeness (QED) is 0.746. The molecule has 0 aliphatic carbocycles. The van der Waals surface area contributed by atoms with E-state index in [9.17, 15) is 14.0 Å². The van der Waals surface area contributed by atoms with Crippen LogP contribution >= 0.6 is 0 Å². The number of aliphatic imine (C=N–C) groups is 1. The Bertz CT molecular complexity index is 789. The van der Waals surface area contributed by atoms with Crippen molar-refractivity contribution in [3.05, 3.63) is 29.6 Å².